The first-order valence-corrected chi connectivity index (χ1v) is 10.5. The third kappa shape index (κ3) is 4.18. The standard InChI is InChI=1S/C25H24ClNO5/c1-29-20-8-5-9-21(30-2)23(20)17-12-18-15-27(10-11-32-24(18)22(14-17)31-3)25(28)16-6-4-7-19(26)13-16/h4-9,12-14H,10-11,15H2,1-3H3. The molecule has 6 nitrogen and oxygen atoms in total. The Kier molecular flexibility index (Phi) is 6.42. The number of methoxy groups -OCH3 is 3. The number of nitrogens with zero attached hydrogens (tertiary/aromatic N) is 1. The van der Waals surface area contributed by atoms with E-state index in [1.807, 2.05) is 30.3 Å². The third-order valence-corrected chi connectivity index (χ3v) is 5.63. The van der Waals surface area contributed by atoms with Crippen molar-refractivity contribution in [1.82, 2.24) is 4.90 Å². The average molecular weight is 454 g/mol. The maximum absolute atomic E-state index is 13.2. The Bertz CT molecular complexity index is 1120. The Balaban J connectivity index is 1.78. The second-order valence-corrected chi connectivity index (χ2v) is 7.73. The first-order valence-electron chi connectivity index (χ1n) is 10.2. The maximum Gasteiger partial charge on any atom is 0.254 e. The van der Waals surface area contributed by atoms with Gasteiger partial charge in [-0.05, 0) is 48.0 Å². The molecule has 0 aromatic heterocycles. The van der Waals surface area contributed by atoms with Gasteiger partial charge >= 0.3 is 0 Å². The fourth-order valence-electron chi connectivity index (χ4n) is 3.89. The van der Waals surface area contributed by atoms with Gasteiger partial charge in [0.25, 0.3) is 5.91 Å². The highest BCUT2D eigenvalue weighted by molar-refractivity contribution is 6.30. The molecule has 0 bridgehead atoms. The molecule has 0 saturated carbocycles. The van der Waals surface area contributed by atoms with Crippen LogP contribution in [0.1, 0.15) is 15.9 Å². The molecule has 1 amide bonds. The van der Waals surface area contributed by atoms with Crippen molar-refractivity contribution < 1.29 is 23.7 Å². The van der Waals surface area contributed by atoms with Crippen molar-refractivity contribution in [3.63, 3.8) is 0 Å². The summed E-state index contributed by atoms with van der Waals surface area (Å²) in [5, 5.41) is 0.523. The van der Waals surface area contributed by atoms with Gasteiger partial charge < -0.3 is 23.8 Å². The lowest BCUT2D eigenvalue weighted by Gasteiger charge is -2.21. The van der Waals surface area contributed by atoms with E-state index in [2.05, 4.69) is 0 Å². The zero-order valence-corrected chi connectivity index (χ0v) is 18.9. The molecule has 7 heteroatoms. The summed E-state index contributed by atoms with van der Waals surface area (Å²) in [6.07, 6.45) is 0. The van der Waals surface area contributed by atoms with Crippen LogP contribution in [0, 0.1) is 0 Å². The normalized spacial score (nSPS) is 12.9. The van der Waals surface area contributed by atoms with Crippen LogP contribution < -0.4 is 18.9 Å². The van der Waals surface area contributed by atoms with Crippen molar-refractivity contribution >= 4 is 17.5 Å². The largest absolute Gasteiger partial charge is 0.496 e. The molecule has 1 aliphatic heterocycles. The van der Waals surface area contributed by atoms with Crippen molar-refractivity contribution in [3.05, 3.63) is 70.7 Å². The van der Waals surface area contributed by atoms with Gasteiger partial charge in [-0.1, -0.05) is 23.7 Å². The van der Waals surface area contributed by atoms with Crippen molar-refractivity contribution in [2.24, 2.45) is 0 Å². The molecule has 3 aromatic rings. The number of fused-ring (bicyclic) bond motifs is 1. The first-order chi connectivity index (χ1) is 15.5. The summed E-state index contributed by atoms with van der Waals surface area (Å²) in [5.41, 5.74) is 3.02. The molecule has 0 aliphatic carbocycles. The molecular weight excluding hydrogens is 430 g/mol. The van der Waals surface area contributed by atoms with Crippen molar-refractivity contribution in [1.29, 1.82) is 0 Å². The fourth-order valence-corrected chi connectivity index (χ4v) is 4.08. The number of benzene rings is 3. The van der Waals surface area contributed by atoms with E-state index in [4.69, 9.17) is 30.5 Å². The van der Waals surface area contributed by atoms with Crippen molar-refractivity contribution in [3.8, 4) is 34.1 Å². The minimum atomic E-state index is -0.108. The van der Waals surface area contributed by atoms with Gasteiger partial charge in [0.15, 0.2) is 11.5 Å². The van der Waals surface area contributed by atoms with Crippen molar-refractivity contribution in [2.75, 3.05) is 34.5 Å². The summed E-state index contributed by atoms with van der Waals surface area (Å²) in [5.74, 6) is 2.46. The Morgan fingerprint density at radius 2 is 1.62 bits per heavy atom. The summed E-state index contributed by atoms with van der Waals surface area (Å²) in [6.45, 7) is 1.16. The Labute approximate surface area is 192 Å². The van der Waals surface area contributed by atoms with Gasteiger partial charge in [0.2, 0.25) is 0 Å². The van der Waals surface area contributed by atoms with E-state index in [1.54, 1.807) is 50.5 Å². The van der Waals surface area contributed by atoms with Crippen LogP contribution in [0.25, 0.3) is 11.1 Å². The number of hydrogen-bond donors (Lipinski definition) is 0. The fraction of sp³-hybridized carbons (Fsp3) is 0.240. The van der Waals surface area contributed by atoms with Crippen LogP contribution in [0.4, 0.5) is 0 Å². The van der Waals surface area contributed by atoms with Gasteiger partial charge in [0.1, 0.15) is 18.1 Å². The van der Waals surface area contributed by atoms with E-state index in [-0.39, 0.29) is 5.91 Å². The quantitative estimate of drug-likeness (QED) is 0.540. The lowest BCUT2D eigenvalue weighted by molar-refractivity contribution is 0.0733. The molecule has 0 saturated heterocycles. The van der Waals surface area contributed by atoms with Crippen LogP contribution in [0.2, 0.25) is 5.02 Å². The highest BCUT2D eigenvalue weighted by Crippen LogP contribution is 2.44. The summed E-state index contributed by atoms with van der Waals surface area (Å²) >= 11 is 6.09. The van der Waals surface area contributed by atoms with E-state index in [0.717, 1.165) is 16.7 Å². The van der Waals surface area contributed by atoms with Gasteiger partial charge in [0, 0.05) is 22.7 Å². The van der Waals surface area contributed by atoms with E-state index in [9.17, 15) is 4.79 Å². The Hall–Kier alpha value is -3.38. The number of ether oxygens (including phenoxy) is 4. The molecule has 0 fully saturated rings. The van der Waals surface area contributed by atoms with Gasteiger partial charge in [-0.25, -0.2) is 0 Å². The molecular formula is C25H24ClNO5. The highest BCUT2D eigenvalue weighted by Gasteiger charge is 2.25. The summed E-state index contributed by atoms with van der Waals surface area (Å²) in [6, 6.07) is 16.5. The molecule has 0 N–H and O–H groups in total. The Morgan fingerprint density at radius 3 is 2.28 bits per heavy atom. The monoisotopic (exact) mass is 453 g/mol. The zero-order valence-electron chi connectivity index (χ0n) is 18.2. The topological polar surface area (TPSA) is 57.2 Å². The Morgan fingerprint density at radius 1 is 0.938 bits per heavy atom. The van der Waals surface area contributed by atoms with Crippen LogP contribution in [-0.4, -0.2) is 45.3 Å². The van der Waals surface area contributed by atoms with Crippen LogP contribution in [0.3, 0.4) is 0 Å². The number of carbonyl (C=O) groups excluding carboxylic acids is 1. The van der Waals surface area contributed by atoms with Crippen LogP contribution >= 0.6 is 11.6 Å². The van der Waals surface area contributed by atoms with Gasteiger partial charge in [-0.15, -0.1) is 0 Å². The van der Waals surface area contributed by atoms with E-state index < -0.39 is 0 Å². The number of carbonyl (C=O) groups is 1. The first kappa shape index (κ1) is 21.8. The molecule has 0 unspecified atom stereocenters. The van der Waals surface area contributed by atoms with Crippen molar-refractivity contribution in [2.45, 2.75) is 6.54 Å². The summed E-state index contributed by atoms with van der Waals surface area (Å²) in [7, 11) is 4.84. The molecule has 4 rings (SSSR count). The molecule has 0 atom stereocenters. The average Bonchev–Trinajstić information content (AvgIpc) is 3.04. The molecule has 32 heavy (non-hydrogen) atoms. The second-order valence-electron chi connectivity index (χ2n) is 7.29. The van der Waals surface area contributed by atoms with E-state index in [0.29, 0.717) is 53.3 Å². The minimum absolute atomic E-state index is 0.108. The zero-order chi connectivity index (χ0) is 22.7. The van der Waals surface area contributed by atoms with E-state index >= 15 is 0 Å². The lowest BCUT2D eigenvalue weighted by atomic mass is 9.99. The molecule has 166 valence electrons. The highest BCUT2D eigenvalue weighted by atomic mass is 35.5. The molecule has 0 radical (unpaired) electrons. The number of hydrogen-bond acceptors (Lipinski definition) is 5. The number of halogens is 1. The second kappa shape index (κ2) is 9.40. The van der Waals surface area contributed by atoms with Gasteiger partial charge in [-0.3, -0.25) is 4.79 Å². The smallest absolute Gasteiger partial charge is 0.254 e. The molecule has 0 spiro atoms. The minimum Gasteiger partial charge on any atom is -0.496 e. The number of rotatable bonds is 5. The van der Waals surface area contributed by atoms with Crippen LogP contribution in [0.15, 0.2) is 54.6 Å². The maximum atomic E-state index is 13.2. The summed E-state index contributed by atoms with van der Waals surface area (Å²) in [4.78, 5) is 14.9. The molecule has 1 heterocycles. The van der Waals surface area contributed by atoms with Crippen LogP contribution in [-0.2, 0) is 6.54 Å². The predicted molar refractivity (Wildman–Crippen MR) is 123 cm³/mol. The molecule has 3 aromatic carbocycles. The SMILES string of the molecule is COc1cc(-c2c(OC)cccc2OC)cc2c1OCCN(C(=O)c1cccc(Cl)c1)C2. The number of amides is 1. The predicted octanol–water partition coefficient (Wildman–Crippen LogP) is 5.07. The van der Waals surface area contributed by atoms with Crippen LogP contribution in [0.5, 0.6) is 23.0 Å². The summed E-state index contributed by atoms with van der Waals surface area (Å²) < 4.78 is 22.8. The third-order valence-electron chi connectivity index (χ3n) is 5.40. The van der Waals surface area contributed by atoms with Gasteiger partial charge in [-0.2, -0.15) is 0 Å². The van der Waals surface area contributed by atoms with Gasteiger partial charge in [0.05, 0.1) is 33.4 Å². The molecule has 1 aliphatic rings. The lowest BCUT2D eigenvalue weighted by Crippen LogP contribution is -2.32. The van der Waals surface area contributed by atoms with E-state index in [1.165, 1.54) is 0 Å².